The smallest absolute Gasteiger partial charge is 0.172 e. The van der Waals surface area contributed by atoms with Crippen LogP contribution in [0.5, 0.6) is 11.5 Å². The minimum atomic E-state index is 0.458. The highest BCUT2D eigenvalue weighted by Crippen LogP contribution is 2.37. The summed E-state index contributed by atoms with van der Waals surface area (Å²) < 4.78 is 11.0. The van der Waals surface area contributed by atoms with E-state index in [2.05, 4.69) is 15.9 Å². The molecule has 4 heteroatoms. The zero-order valence-electron chi connectivity index (χ0n) is 8.26. The van der Waals surface area contributed by atoms with Crippen LogP contribution in [0.25, 0.3) is 0 Å². The molecule has 0 aliphatic rings. The van der Waals surface area contributed by atoms with Gasteiger partial charge < -0.3 is 9.47 Å². The highest BCUT2D eigenvalue weighted by molar-refractivity contribution is 9.10. The van der Waals surface area contributed by atoms with Crippen molar-refractivity contribution in [1.82, 2.24) is 0 Å². The first kappa shape index (κ1) is 11.0. The van der Waals surface area contributed by atoms with Gasteiger partial charge in [0.15, 0.2) is 17.8 Å². The van der Waals surface area contributed by atoms with E-state index in [-0.39, 0.29) is 0 Å². The molecule has 0 saturated carbocycles. The van der Waals surface area contributed by atoms with E-state index in [0.717, 1.165) is 16.3 Å². The molecule has 0 fully saturated rings. The van der Waals surface area contributed by atoms with Crippen molar-refractivity contribution in [3.05, 3.63) is 21.7 Å². The van der Waals surface area contributed by atoms with Crippen molar-refractivity contribution in [2.45, 2.75) is 6.92 Å². The predicted molar refractivity (Wildman–Crippen MR) is 57.4 cm³/mol. The molecule has 76 valence electrons. The molecule has 0 atom stereocenters. The van der Waals surface area contributed by atoms with E-state index in [0.29, 0.717) is 17.1 Å². The maximum absolute atomic E-state index is 10.9. The van der Waals surface area contributed by atoms with Gasteiger partial charge in [0.25, 0.3) is 0 Å². The van der Waals surface area contributed by atoms with E-state index in [4.69, 9.17) is 9.47 Å². The summed E-state index contributed by atoms with van der Waals surface area (Å²) in [5.74, 6) is 1.02. The Morgan fingerprint density at radius 1 is 1.36 bits per heavy atom. The average molecular weight is 259 g/mol. The van der Waals surface area contributed by atoms with E-state index in [1.54, 1.807) is 7.11 Å². The van der Waals surface area contributed by atoms with Crippen molar-refractivity contribution in [3.63, 3.8) is 0 Å². The number of ether oxygens (including phenoxy) is 2. The van der Waals surface area contributed by atoms with Gasteiger partial charge in [0.1, 0.15) is 0 Å². The molecule has 0 radical (unpaired) electrons. The number of benzene rings is 1. The van der Waals surface area contributed by atoms with E-state index >= 15 is 0 Å². The van der Waals surface area contributed by atoms with Crippen molar-refractivity contribution >= 4 is 22.2 Å². The number of aldehydes is 1. The van der Waals surface area contributed by atoms with Crippen molar-refractivity contribution < 1.29 is 14.3 Å². The SMILES string of the molecule is COc1cc(C)c(Br)c(C=O)c1OC. The summed E-state index contributed by atoms with van der Waals surface area (Å²) in [5.41, 5.74) is 1.41. The lowest BCUT2D eigenvalue weighted by atomic mass is 10.1. The van der Waals surface area contributed by atoms with Crippen molar-refractivity contribution in [1.29, 1.82) is 0 Å². The van der Waals surface area contributed by atoms with Gasteiger partial charge in [-0.05, 0) is 34.5 Å². The third kappa shape index (κ3) is 1.75. The Morgan fingerprint density at radius 3 is 2.43 bits per heavy atom. The van der Waals surface area contributed by atoms with Crippen LogP contribution in [-0.4, -0.2) is 20.5 Å². The van der Waals surface area contributed by atoms with Gasteiger partial charge in [0.2, 0.25) is 0 Å². The molecule has 3 nitrogen and oxygen atoms in total. The molecule has 0 aliphatic carbocycles. The van der Waals surface area contributed by atoms with Gasteiger partial charge in [0, 0.05) is 4.47 Å². The van der Waals surface area contributed by atoms with Crippen molar-refractivity contribution in [2.75, 3.05) is 14.2 Å². The fourth-order valence-corrected chi connectivity index (χ4v) is 1.63. The third-order valence-electron chi connectivity index (χ3n) is 1.94. The number of hydrogen-bond donors (Lipinski definition) is 0. The molecule has 1 rings (SSSR count). The van der Waals surface area contributed by atoms with Crippen molar-refractivity contribution in [3.8, 4) is 11.5 Å². The maximum Gasteiger partial charge on any atom is 0.172 e. The zero-order chi connectivity index (χ0) is 10.7. The third-order valence-corrected chi connectivity index (χ3v) is 2.99. The topological polar surface area (TPSA) is 35.5 Å². The molecule has 0 unspecified atom stereocenters. The highest BCUT2D eigenvalue weighted by Gasteiger charge is 2.15. The Balaban J connectivity index is 3.49. The van der Waals surface area contributed by atoms with E-state index in [9.17, 15) is 4.79 Å². The number of hydrogen-bond acceptors (Lipinski definition) is 3. The van der Waals surface area contributed by atoms with Crippen LogP contribution in [0.1, 0.15) is 15.9 Å². The second kappa shape index (κ2) is 4.46. The largest absolute Gasteiger partial charge is 0.493 e. The molecule has 1 aromatic carbocycles. The molecule has 0 aromatic heterocycles. The fraction of sp³-hybridized carbons (Fsp3) is 0.300. The second-order valence-corrected chi connectivity index (χ2v) is 3.57. The van der Waals surface area contributed by atoms with Crippen LogP contribution in [0.2, 0.25) is 0 Å². The molecule has 0 amide bonds. The number of carbonyl (C=O) groups is 1. The summed E-state index contributed by atoms with van der Waals surface area (Å²) in [4.78, 5) is 10.9. The quantitative estimate of drug-likeness (QED) is 0.782. The minimum Gasteiger partial charge on any atom is -0.493 e. The number of rotatable bonds is 3. The van der Waals surface area contributed by atoms with Crippen LogP contribution in [-0.2, 0) is 0 Å². The van der Waals surface area contributed by atoms with Gasteiger partial charge in [-0.1, -0.05) is 0 Å². The van der Waals surface area contributed by atoms with Gasteiger partial charge in [-0.2, -0.15) is 0 Å². The summed E-state index contributed by atoms with van der Waals surface area (Å²) in [6.45, 7) is 1.89. The Labute approximate surface area is 91.1 Å². The lowest BCUT2D eigenvalue weighted by Crippen LogP contribution is -1.98. The summed E-state index contributed by atoms with van der Waals surface area (Å²) >= 11 is 3.33. The normalized spacial score (nSPS) is 9.71. The molecule has 14 heavy (non-hydrogen) atoms. The van der Waals surface area contributed by atoms with Gasteiger partial charge in [-0.25, -0.2) is 0 Å². The lowest BCUT2D eigenvalue weighted by molar-refractivity contribution is 0.111. The molecular formula is C10H11BrO3. The van der Waals surface area contributed by atoms with Crippen LogP contribution < -0.4 is 9.47 Å². The molecule has 0 aliphatic heterocycles. The Kier molecular flexibility index (Phi) is 3.52. The van der Waals surface area contributed by atoms with Crippen LogP contribution in [0.4, 0.5) is 0 Å². The zero-order valence-corrected chi connectivity index (χ0v) is 9.84. The van der Waals surface area contributed by atoms with Gasteiger partial charge in [0.05, 0.1) is 19.8 Å². The molecule has 1 aromatic rings. The van der Waals surface area contributed by atoms with Crippen LogP contribution in [0, 0.1) is 6.92 Å². The average Bonchev–Trinajstić information content (AvgIpc) is 2.20. The Morgan fingerprint density at radius 2 is 2.00 bits per heavy atom. The van der Waals surface area contributed by atoms with Gasteiger partial charge in [-0.15, -0.1) is 0 Å². The summed E-state index contributed by atoms with van der Waals surface area (Å²) in [6.07, 6.45) is 0.748. The van der Waals surface area contributed by atoms with Gasteiger partial charge in [-0.3, -0.25) is 4.79 Å². The van der Waals surface area contributed by atoms with Crippen molar-refractivity contribution in [2.24, 2.45) is 0 Å². The maximum atomic E-state index is 10.9. The van der Waals surface area contributed by atoms with E-state index < -0.39 is 0 Å². The Bertz CT molecular complexity index is 361. The van der Waals surface area contributed by atoms with Crippen LogP contribution in [0.15, 0.2) is 10.5 Å². The standard InChI is InChI=1S/C10H11BrO3/c1-6-4-8(13-2)10(14-3)7(5-12)9(6)11/h4-5H,1-3H3. The molecule has 0 saturated heterocycles. The van der Waals surface area contributed by atoms with E-state index in [1.807, 2.05) is 13.0 Å². The first-order valence-electron chi connectivity index (χ1n) is 4.02. The first-order chi connectivity index (χ1) is 6.65. The molecule has 0 bridgehead atoms. The van der Waals surface area contributed by atoms with Crippen LogP contribution in [0.3, 0.4) is 0 Å². The highest BCUT2D eigenvalue weighted by atomic mass is 79.9. The first-order valence-corrected chi connectivity index (χ1v) is 4.81. The summed E-state index contributed by atoms with van der Waals surface area (Å²) in [5, 5.41) is 0. The molecule has 0 spiro atoms. The molecular weight excluding hydrogens is 248 g/mol. The fourth-order valence-electron chi connectivity index (χ4n) is 1.24. The Hall–Kier alpha value is -1.03. The van der Waals surface area contributed by atoms with E-state index in [1.165, 1.54) is 7.11 Å². The lowest BCUT2D eigenvalue weighted by Gasteiger charge is -2.12. The number of halogens is 1. The summed E-state index contributed by atoms with van der Waals surface area (Å²) in [7, 11) is 3.05. The minimum absolute atomic E-state index is 0.458. The van der Waals surface area contributed by atoms with Gasteiger partial charge >= 0.3 is 0 Å². The predicted octanol–water partition coefficient (Wildman–Crippen LogP) is 2.59. The number of methoxy groups -OCH3 is 2. The summed E-state index contributed by atoms with van der Waals surface area (Å²) in [6, 6.07) is 1.82. The monoisotopic (exact) mass is 258 g/mol. The number of carbonyl (C=O) groups excluding carboxylic acids is 1. The molecule has 0 heterocycles. The molecule has 0 N–H and O–H groups in total. The second-order valence-electron chi connectivity index (χ2n) is 2.77. The number of aryl methyl sites for hydroxylation is 1. The van der Waals surface area contributed by atoms with Crippen LogP contribution >= 0.6 is 15.9 Å².